The SMILES string of the molecule is CCCCCC(=O)/C=C/C=C\CCCCCCCC(=O)O[C@H](COC(C)=O)COP(=O)(O)O. The maximum Gasteiger partial charge on any atom is 0.469 e. The highest BCUT2D eigenvalue weighted by Crippen LogP contribution is 2.35. The number of hydrogen-bond donors (Lipinski definition) is 2. The number of unbranched alkanes of at least 4 members (excludes halogenated alkanes) is 7. The smallest absolute Gasteiger partial charge is 0.462 e. The average molecular weight is 491 g/mol. The van der Waals surface area contributed by atoms with Crippen LogP contribution in [0.1, 0.15) is 84.5 Å². The number of ketones is 1. The Balaban J connectivity index is 3.90. The predicted octanol–water partition coefficient (Wildman–Crippen LogP) is 4.56. The molecule has 10 heteroatoms. The zero-order chi connectivity index (χ0) is 25.0. The minimum atomic E-state index is -4.72. The largest absolute Gasteiger partial charge is 0.469 e. The average Bonchev–Trinajstić information content (AvgIpc) is 2.73. The summed E-state index contributed by atoms with van der Waals surface area (Å²) in [6.45, 7) is 2.38. The van der Waals surface area contributed by atoms with Crippen LogP contribution in [0.15, 0.2) is 24.3 Å². The molecule has 0 saturated carbocycles. The van der Waals surface area contributed by atoms with E-state index >= 15 is 0 Å². The topological polar surface area (TPSA) is 136 Å². The van der Waals surface area contributed by atoms with Crippen molar-refractivity contribution in [2.75, 3.05) is 13.2 Å². The Morgan fingerprint density at radius 3 is 2.24 bits per heavy atom. The van der Waals surface area contributed by atoms with E-state index in [1.54, 1.807) is 12.2 Å². The molecular formula is C23H39O9P. The molecule has 0 radical (unpaired) electrons. The lowest BCUT2D eigenvalue weighted by Crippen LogP contribution is -2.29. The van der Waals surface area contributed by atoms with Crippen molar-refractivity contribution in [1.29, 1.82) is 0 Å². The third kappa shape index (κ3) is 23.2. The number of carbonyl (C=O) groups excluding carboxylic acids is 3. The number of phosphoric ester groups is 1. The van der Waals surface area contributed by atoms with Gasteiger partial charge in [-0.2, -0.15) is 0 Å². The Hall–Kier alpha value is -1.80. The van der Waals surface area contributed by atoms with E-state index in [0.717, 1.165) is 51.4 Å². The van der Waals surface area contributed by atoms with Gasteiger partial charge in [-0.1, -0.05) is 57.3 Å². The fourth-order valence-electron chi connectivity index (χ4n) is 2.78. The normalized spacial score (nSPS) is 12.8. The van der Waals surface area contributed by atoms with Crippen molar-refractivity contribution in [3.05, 3.63) is 24.3 Å². The highest BCUT2D eigenvalue weighted by Gasteiger charge is 2.22. The van der Waals surface area contributed by atoms with Crippen molar-refractivity contribution in [3.63, 3.8) is 0 Å². The molecule has 0 spiro atoms. The molecule has 190 valence electrons. The van der Waals surface area contributed by atoms with Gasteiger partial charge in [0.2, 0.25) is 0 Å². The minimum Gasteiger partial charge on any atom is -0.462 e. The minimum absolute atomic E-state index is 0.156. The van der Waals surface area contributed by atoms with E-state index in [-0.39, 0.29) is 18.8 Å². The molecule has 2 N–H and O–H groups in total. The molecule has 1 atom stereocenters. The van der Waals surface area contributed by atoms with Crippen molar-refractivity contribution >= 4 is 25.5 Å². The number of rotatable bonds is 20. The number of phosphoric acid groups is 1. The van der Waals surface area contributed by atoms with Gasteiger partial charge in [0.15, 0.2) is 11.9 Å². The standard InChI is InChI=1S/C23H39O9P/c1-3-4-12-15-21(25)16-13-10-8-6-5-7-9-11-14-17-23(26)32-22(18-30-20(2)24)19-31-33(27,28)29/h8,10,13,16,22H,3-7,9,11-12,14-15,17-19H2,1-2H3,(H2,27,28,29)/b10-8-,16-13+/t22-/m1/s1. The Kier molecular flexibility index (Phi) is 18.6. The van der Waals surface area contributed by atoms with E-state index in [2.05, 4.69) is 11.4 Å². The first-order valence-electron chi connectivity index (χ1n) is 11.5. The first kappa shape index (κ1) is 31.2. The maximum atomic E-state index is 11.9. The lowest BCUT2D eigenvalue weighted by atomic mass is 10.1. The van der Waals surface area contributed by atoms with Crippen molar-refractivity contribution in [1.82, 2.24) is 0 Å². The van der Waals surface area contributed by atoms with Crippen LogP contribution in [0.5, 0.6) is 0 Å². The third-order valence-corrected chi connectivity index (χ3v) is 4.99. The van der Waals surface area contributed by atoms with Gasteiger partial charge < -0.3 is 19.3 Å². The Morgan fingerprint density at radius 2 is 1.58 bits per heavy atom. The number of hydrogen-bond acceptors (Lipinski definition) is 7. The zero-order valence-corrected chi connectivity index (χ0v) is 20.7. The van der Waals surface area contributed by atoms with E-state index in [9.17, 15) is 18.9 Å². The summed E-state index contributed by atoms with van der Waals surface area (Å²) in [4.78, 5) is 51.9. The first-order valence-corrected chi connectivity index (χ1v) is 13.1. The van der Waals surface area contributed by atoms with Gasteiger partial charge in [-0.25, -0.2) is 4.57 Å². The fourth-order valence-corrected chi connectivity index (χ4v) is 3.14. The molecule has 0 aliphatic rings. The maximum absolute atomic E-state index is 11.9. The highest BCUT2D eigenvalue weighted by atomic mass is 31.2. The van der Waals surface area contributed by atoms with E-state index in [4.69, 9.17) is 19.3 Å². The van der Waals surface area contributed by atoms with Gasteiger partial charge in [0.25, 0.3) is 0 Å². The van der Waals surface area contributed by atoms with Gasteiger partial charge in [0.05, 0.1) is 6.61 Å². The monoisotopic (exact) mass is 490 g/mol. The lowest BCUT2D eigenvalue weighted by molar-refractivity contribution is -0.160. The van der Waals surface area contributed by atoms with Crippen LogP contribution in [0.2, 0.25) is 0 Å². The molecule has 0 aromatic heterocycles. The molecule has 0 heterocycles. The van der Waals surface area contributed by atoms with Crippen molar-refractivity contribution in [2.45, 2.75) is 90.6 Å². The van der Waals surface area contributed by atoms with Crippen molar-refractivity contribution < 1.29 is 42.7 Å². The van der Waals surface area contributed by atoms with E-state index < -0.39 is 32.5 Å². The predicted molar refractivity (Wildman–Crippen MR) is 124 cm³/mol. The molecule has 0 fully saturated rings. The van der Waals surface area contributed by atoms with Crippen LogP contribution < -0.4 is 0 Å². The quantitative estimate of drug-likeness (QED) is 0.0827. The van der Waals surface area contributed by atoms with E-state index in [1.807, 2.05) is 12.2 Å². The summed E-state index contributed by atoms with van der Waals surface area (Å²) < 4.78 is 25.0. The second kappa shape index (κ2) is 19.6. The third-order valence-electron chi connectivity index (χ3n) is 4.51. The molecule has 0 aliphatic carbocycles. The van der Waals surface area contributed by atoms with Crippen LogP contribution in [-0.2, 0) is 32.9 Å². The van der Waals surface area contributed by atoms with Crippen LogP contribution in [-0.4, -0.2) is 46.8 Å². The summed E-state index contributed by atoms with van der Waals surface area (Å²) in [6, 6.07) is 0. The van der Waals surface area contributed by atoms with Crippen LogP contribution >= 0.6 is 7.82 Å². The van der Waals surface area contributed by atoms with Gasteiger partial charge in [0, 0.05) is 19.8 Å². The molecule has 0 aliphatic heterocycles. The van der Waals surface area contributed by atoms with Gasteiger partial charge in [-0.15, -0.1) is 0 Å². The van der Waals surface area contributed by atoms with Gasteiger partial charge in [-0.05, 0) is 31.8 Å². The number of esters is 2. The highest BCUT2D eigenvalue weighted by molar-refractivity contribution is 7.46. The second-order valence-electron chi connectivity index (χ2n) is 7.72. The fraction of sp³-hybridized carbons (Fsp3) is 0.696. The number of allylic oxidation sites excluding steroid dienone is 4. The molecule has 0 saturated heterocycles. The van der Waals surface area contributed by atoms with E-state index in [0.29, 0.717) is 12.8 Å². The summed E-state index contributed by atoms with van der Waals surface area (Å²) in [5.74, 6) is -0.979. The molecule has 9 nitrogen and oxygen atoms in total. The molecule has 0 amide bonds. The molecule has 0 aromatic rings. The van der Waals surface area contributed by atoms with Crippen LogP contribution in [0.25, 0.3) is 0 Å². The number of carbonyl (C=O) groups is 3. The molecule has 33 heavy (non-hydrogen) atoms. The molecule has 0 bridgehead atoms. The molecule has 0 rings (SSSR count). The summed E-state index contributed by atoms with van der Waals surface area (Å²) in [5.41, 5.74) is 0. The van der Waals surface area contributed by atoms with E-state index in [1.165, 1.54) is 6.92 Å². The molecular weight excluding hydrogens is 451 g/mol. The summed E-state index contributed by atoms with van der Waals surface area (Å²) in [5, 5.41) is 0. The number of ether oxygens (including phenoxy) is 2. The summed E-state index contributed by atoms with van der Waals surface area (Å²) in [6.07, 6.45) is 15.6. The Bertz CT molecular complexity index is 667. The van der Waals surface area contributed by atoms with Gasteiger partial charge in [-0.3, -0.25) is 18.9 Å². The molecule has 0 aromatic carbocycles. The van der Waals surface area contributed by atoms with Gasteiger partial charge >= 0.3 is 19.8 Å². The zero-order valence-electron chi connectivity index (χ0n) is 19.8. The van der Waals surface area contributed by atoms with Gasteiger partial charge in [0.1, 0.15) is 6.61 Å². The Labute approximate surface area is 196 Å². The molecule has 0 unspecified atom stereocenters. The van der Waals surface area contributed by atoms with Crippen molar-refractivity contribution in [2.24, 2.45) is 0 Å². The van der Waals surface area contributed by atoms with Crippen LogP contribution in [0.3, 0.4) is 0 Å². The summed E-state index contributed by atoms with van der Waals surface area (Å²) in [7, 11) is -4.72. The summed E-state index contributed by atoms with van der Waals surface area (Å²) >= 11 is 0. The van der Waals surface area contributed by atoms with Crippen molar-refractivity contribution in [3.8, 4) is 0 Å². The lowest BCUT2D eigenvalue weighted by Gasteiger charge is -2.18. The Morgan fingerprint density at radius 1 is 0.909 bits per heavy atom. The van der Waals surface area contributed by atoms with Crippen LogP contribution in [0.4, 0.5) is 0 Å². The van der Waals surface area contributed by atoms with Crippen LogP contribution in [0, 0.1) is 0 Å². The second-order valence-corrected chi connectivity index (χ2v) is 8.96. The first-order chi connectivity index (χ1) is 15.6.